The highest BCUT2D eigenvalue weighted by molar-refractivity contribution is 6.04. The summed E-state index contributed by atoms with van der Waals surface area (Å²) in [4.78, 5) is 41.4. The summed E-state index contributed by atoms with van der Waals surface area (Å²) >= 11 is 0. The van der Waals surface area contributed by atoms with Crippen LogP contribution in [0.2, 0.25) is 0 Å². The standard InChI is InChI=1S/C34H28FN7O2/c1-2-6-28(43)42-26(11-13-34(42)14-15-34)32-40-29(30-31(36)38-17-18-41(30)32)24-10-9-23(19-25(24)35)33(44)39-27-20-22(12-16-37-27)21-7-4-3-5-8-21/h3-5,7-10,12,16-20,26H,11,13-15H2,1H3,(H2,36,38)(H,37,39,44)/t26-/m0/s1. The van der Waals surface area contributed by atoms with E-state index in [4.69, 9.17) is 10.7 Å². The Balaban J connectivity index is 1.22. The lowest BCUT2D eigenvalue weighted by molar-refractivity contribution is -0.128. The predicted octanol–water partition coefficient (Wildman–Crippen LogP) is 5.65. The van der Waals surface area contributed by atoms with Crippen molar-refractivity contribution in [2.75, 3.05) is 11.1 Å². The summed E-state index contributed by atoms with van der Waals surface area (Å²) in [5.41, 5.74) is 9.00. The van der Waals surface area contributed by atoms with Gasteiger partial charge in [-0.05, 0) is 80.0 Å². The molecule has 218 valence electrons. The number of carbonyl (C=O) groups is 2. The molecule has 7 rings (SSSR count). The molecule has 0 radical (unpaired) electrons. The van der Waals surface area contributed by atoms with E-state index >= 15 is 4.39 Å². The van der Waals surface area contributed by atoms with Crippen LogP contribution >= 0.6 is 0 Å². The zero-order chi connectivity index (χ0) is 30.4. The number of carbonyl (C=O) groups excluding carboxylic acids is 2. The molecular weight excluding hydrogens is 557 g/mol. The Bertz CT molecular complexity index is 2010. The van der Waals surface area contributed by atoms with Crippen molar-refractivity contribution in [3.63, 3.8) is 0 Å². The monoisotopic (exact) mass is 585 g/mol. The molecule has 2 amide bonds. The number of halogens is 1. The van der Waals surface area contributed by atoms with Crippen molar-refractivity contribution in [1.82, 2.24) is 24.3 Å². The van der Waals surface area contributed by atoms with Crippen LogP contribution in [0.15, 0.2) is 79.3 Å². The lowest BCUT2D eigenvalue weighted by Crippen LogP contribution is -2.38. The molecule has 2 fully saturated rings. The van der Waals surface area contributed by atoms with Crippen LogP contribution in [0, 0.1) is 17.7 Å². The highest BCUT2D eigenvalue weighted by Gasteiger charge is 2.57. The number of pyridine rings is 1. The number of hydrogen-bond donors (Lipinski definition) is 2. The van der Waals surface area contributed by atoms with Crippen molar-refractivity contribution in [3.8, 4) is 34.2 Å². The molecule has 44 heavy (non-hydrogen) atoms. The minimum Gasteiger partial charge on any atom is -0.382 e. The van der Waals surface area contributed by atoms with Gasteiger partial charge in [-0.15, -0.1) is 0 Å². The van der Waals surface area contributed by atoms with Gasteiger partial charge in [-0.2, -0.15) is 0 Å². The largest absolute Gasteiger partial charge is 0.382 e. The molecule has 3 N–H and O–H groups in total. The van der Waals surface area contributed by atoms with Gasteiger partial charge in [0.2, 0.25) is 0 Å². The van der Waals surface area contributed by atoms with Crippen LogP contribution in [-0.2, 0) is 4.79 Å². The maximum absolute atomic E-state index is 15.8. The van der Waals surface area contributed by atoms with Crippen LogP contribution in [0.1, 0.15) is 54.8 Å². The van der Waals surface area contributed by atoms with Gasteiger partial charge in [0.25, 0.3) is 11.8 Å². The Labute approximate surface area is 253 Å². The van der Waals surface area contributed by atoms with E-state index in [-0.39, 0.29) is 40.1 Å². The average Bonchev–Trinajstić information content (AvgIpc) is 3.56. The fourth-order valence-electron chi connectivity index (χ4n) is 6.25. The summed E-state index contributed by atoms with van der Waals surface area (Å²) < 4.78 is 17.6. The number of nitrogens with one attached hydrogen (secondary N) is 1. The van der Waals surface area contributed by atoms with E-state index in [1.807, 2.05) is 41.3 Å². The number of hydrogen-bond acceptors (Lipinski definition) is 6. The van der Waals surface area contributed by atoms with Crippen LogP contribution < -0.4 is 11.1 Å². The molecule has 9 nitrogen and oxygen atoms in total. The zero-order valence-corrected chi connectivity index (χ0v) is 23.9. The first-order valence-electron chi connectivity index (χ1n) is 14.4. The molecule has 10 heteroatoms. The third-order valence-electron chi connectivity index (χ3n) is 8.49. The molecule has 1 aliphatic heterocycles. The number of nitrogen functional groups attached to an aromatic ring is 1. The molecule has 2 aromatic carbocycles. The van der Waals surface area contributed by atoms with Gasteiger partial charge in [-0.1, -0.05) is 36.3 Å². The summed E-state index contributed by atoms with van der Waals surface area (Å²) in [7, 11) is 0. The van der Waals surface area contributed by atoms with E-state index in [2.05, 4.69) is 27.1 Å². The molecule has 4 heterocycles. The second-order valence-electron chi connectivity index (χ2n) is 11.1. The van der Waals surface area contributed by atoms with Crippen LogP contribution in [0.3, 0.4) is 0 Å². The van der Waals surface area contributed by atoms with Crippen molar-refractivity contribution in [2.24, 2.45) is 0 Å². The first kappa shape index (κ1) is 27.3. The van der Waals surface area contributed by atoms with E-state index in [0.717, 1.165) is 30.4 Å². The maximum atomic E-state index is 15.8. The van der Waals surface area contributed by atoms with Gasteiger partial charge in [0.1, 0.15) is 34.5 Å². The summed E-state index contributed by atoms with van der Waals surface area (Å²) in [6.45, 7) is 1.64. The quantitative estimate of drug-likeness (QED) is 0.257. The molecule has 0 bridgehead atoms. The van der Waals surface area contributed by atoms with Gasteiger partial charge in [-0.25, -0.2) is 19.3 Å². The van der Waals surface area contributed by atoms with Crippen molar-refractivity contribution in [1.29, 1.82) is 0 Å². The van der Waals surface area contributed by atoms with Crippen molar-refractivity contribution < 1.29 is 14.0 Å². The van der Waals surface area contributed by atoms with E-state index < -0.39 is 11.7 Å². The number of rotatable bonds is 5. The number of fused-ring (bicyclic) bond motifs is 1. The molecule has 1 spiro atoms. The summed E-state index contributed by atoms with van der Waals surface area (Å²) in [5.74, 6) is 5.13. The summed E-state index contributed by atoms with van der Waals surface area (Å²) in [5, 5.41) is 2.76. The fraction of sp³-hybridized carbons (Fsp3) is 0.206. The Morgan fingerprint density at radius 1 is 1.02 bits per heavy atom. The first-order valence-corrected chi connectivity index (χ1v) is 14.4. The molecule has 5 aromatic rings. The van der Waals surface area contributed by atoms with Crippen LogP contribution in [-0.4, -0.2) is 41.6 Å². The Morgan fingerprint density at radius 2 is 1.84 bits per heavy atom. The lowest BCUT2D eigenvalue weighted by atomic mass is 10.1. The van der Waals surface area contributed by atoms with Gasteiger partial charge in [0.05, 0.1) is 6.04 Å². The maximum Gasteiger partial charge on any atom is 0.299 e. The number of imidazole rings is 1. The molecular formula is C34H28FN7O2. The van der Waals surface area contributed by atoms with E-state index in [9.17, 15) is 9.59 Å². The normalized spacial score (nSPS) is 16.5. The van der Waals surface area contributed by atoms with Crippen LogP contribution in [0.4, 0.5) is 16.0 Å². The number of aromatic nitrogens is 4. The summed E-state index contributed by atoms with van der Waals surface area (Å²) in [6, 6.07) is 17.2. The number of likely N-dealkylation sites (tertiary alicyclic amines) is 1. The minimum atomic E-state index is -0.645. The number of anilines is 2. The third-order valence-corrected chi connectivity index (χ3v) is 8.49. The molecule has 3 aromatic heterocycles. The second-order valence-corrected chi connectivity index (χ2v) is 11.1. The Kier molecular flexibility index (Phi) is 6.58. The summed E-state index contributed by atoms with van der Waals surface area (Å²) in [6.07, 6.45) is 8.29. The average molecular weight is 586 g/mol. The number of amides is 2. The predicted molar refractivity (Wildman–Crippen MR) is 165 cm³/mol. The second kappa shape index (κ2) is 10.6. The third kappa shape index (κ3) is 4.63. The van der Waals surface area contributed by atoms with Crippen molar-refractivity contribution >= 4 is 29.0 Å². The smallest absolute Gasteiger partial charge is 0.299 e. The Morgan fingerprint density at radius 3 is 2.59 bits per heavy atom. The highest BCUT2D eigenvalue weighted by Crippen LogP contribution is 2.56. The lowest BCUT2D eigenvalue weighted by Gasteiger charge is -2.28. The van der Waals surface area contributed by atoms with Gasteiger partial charge < -0.3 is 16.0 Å². The van der Waals surface area contributed by atoms with Gasteiger partial charge in [0, 0.05) is 35.3 Å². The SMILES string of the molecule is CC#CC(=O)N1[C@H](c2nc(-c3ccc(C(=O)Nc4cc(-c5ccccc5)ccn4)cc3F)c3c(N)nccn23)CCC12CC2. The number of benzene rings is 2. The van der Waals surface area contributed by atoms with E-state index in [1.165, 1.54) is 18.2 Å². The van der Waals surface area contributed by atoms with Crippen LogP contribution in [0.5, 0.6) is 0 Å². The number of nitrogens with two attached hydrogens (primary N) is 1. The molecule has 1 atom stereocenters. The molecule has 0 unspecified atom stereocenters. The van der Waals surface area contributed by atoms with Crippen LogP contribution in [0.25, 0.3) is 27.9 Å². The minimum absolute atomic E-state index is 0.120. The zero-order valence-electron chi connectivity index (χ0n) is 23.9. The molecule has 1 saturated carbocycles. The van der Waals surface area contributed by atoms with Gasteiger partial charge in [0.15, 0.2) is 0 Å². The first-order chi connectivity index (χ1) is 21.4. The molecule has 1 aliphatic carbocycles. The van der Waals surface area contributed by atoms with Crippen molar-refractivity contribution in [3.05, 3.63) is 96.5 Å². The number of nitrogens with zero attached hydrogens (tertiary/aromatic N) is 5. The van der Waals surface area contributed by atoms with Crippen molar-refractivity contribution in [2.45, 2.75) is 44.2 Å². The van der Waals surface area contributed by atoms with Gasteiger partial charge in [-0.3, -0.25) is 14.0 Å². The highest BCUT2D eigenvalue weighted by atomic mass is 19.1. The van der Waals surface area contributed by atoms with Gasteiger partial charge >= 0.3 is 0 Å². The molecule has 2 aliphatic rings. The topological polar surface area (TPSA) is 119 Å². The fourth-order valence-corrected chi connectivity index (χ4v) is 6.25. The van der Waals surface area contributed by atoms with E-state index in [0.29, 0.717) is 23.6 Å². The van der Waals surface area contributed by atoms with E-state index in [1.54, 1.807) is 36.0 Å². The molecule has 1 saturated heterocycles. The Hall–Kier alpha value is -5.56.